The Morgan fingerprint density at radius 3 is 2.36 bits per heavy atom. The van der Waals surface area contributed by atoms with E-state index in [4.69, 9.17) is 16.3 Å². The van der Waals surface area contributed by atoms with Crippen LogP contribution in [0.4, 0.5) is 13.2 Å². The van der Waals surface area contributed by atoms with E-state index in [1.54, 1.807) is 31.2 Å². The van der Waals surface area contributed by atoms with Gasteiger partial charge in [-0.25, -0.2) is 13.2 Å². The van der Waals surface area contributed by atoms with Crippen LogP contribution in [-0.2, 0) is 9.53 Å². The third kappa shape index (κ3) is 4.50. The van der Waals surface area contributed by atoms with Crippen molar-refractivity contribution >= 4 is 17.5 Å². The van der Waals surface area contributed by atoms with Crippen LogP contribution in [0.2, 0.25) is 5.02 Å². The molecular formula is C21H21ClF3NO2. The second kappa shape index (κ2) is 8.13. The van der Waals surface area contributed by atoms with Crippen molar-refractivity contribution in [1.82, 2.24) is 5.32 Å². The molecule has 7 heteroatoms. The predicted octanol–water partition coefficient (Wildman–Crippen LogP) is 5.64. The zero-order valence-corrected chi connectivity index (χ0v) is 16.3. The maximum atomic E-state index is 14.4. The van der Waals surface area contributed by atoms with Crippen molar-refractivity contribution in [3.63, 3.8) is 0 Å². The summed E-state index contributed by atoms with van der Waals surface area (Å²) >= 11 is 5.95. The molecule has 0 saturated carbocycles. The third-order valence-electron chi connectivity index (χ3n) is 4.99. The van der Waals surface area contributed by atoms with Crippen LogP contribution < -0.4 is 5.32 Å². The average molecular weight is 412 g/mol. The van der Waals surface area contributed by atoms with Crippen molar-refractivity contribution < 1.29 is 22.7 Å². The van der Waals surface area contributed by atoms with Crippen LogP contribution in [0.1, 0.15) is 56.4 Å². The molecule has 1 heterocycles. The maximum Gasteiger partial charge on any atom is 0.220 e. The van der Waals surface area contributed by atoms with Gasteiger partial charge in [0, 0.05) is 41.5 Å². The highest BCUT2D eigenvalue weighted by Gasteiger charge is 2.41. The van der Waals surface area contributed by atoms with Gasteiger partial charge in [-0.1, -0.05) is 30.7 Å². The van der Waals surface area contributed by atoms with Gasteiger partial charge in [0.25, 0.3) is 0 Å². The van der Waals surface area contributed by atoms with Gasteiger partial charge >= 0.3 is 0 Å². The molecule has 3 nitrogen and oxygen atoms in total. The number of benzene rings is 2. The van der Waals surface area contributed by atoms with E-state index in [0.717, 1.165) is 11.6 Å². The van der Waals surface area contributed by atoms with Crippen LogP contribution >= 0.6 is 11.6 Å². The fourth-order valence-electron chi connectivity index (χ4n) is 3.57. The topological polar surface area (TPSA) is 38.3 Å². The summed E-state index contributed by atoms with van der Waals surface area (Å²) in [5, 5.41) is 3.53. The number of carbonyl (C=O) groups is 1. The zero-order chi connectivity index (χ0) is 20.5. The highest BCUT2D eigenvalue weighted by molar-refractivity contribution is 6.30. The second-order valence-electron chi connectivity index (χ2n) is 7.32. The second-order valence-corrected chi connectivity index (χ2v) is 7.76. The first-order valence-electron chi connectivity index (χ1n) is 9.07. The Balaban J connectivity index is 1.98. The van der Waals surface area contributed by atoms with E-state index in [1.165, 1.54) is 0 Å². The summed E-state index contributed by atoms with van der Waals surface area (Å²) in [4.78, 5) is 12.0. The Kier molecular flexibility index (Phi) is 6.01. The number of carbonyl (C=O) groups excluding carboxylic acids is 1. The third-order valence-corrected chi connectivity index (χ3v) is 5.24. The molecule has 0 bridgehead atoms. The first-order chi connectivity index (χ1) is 13.2. The molecule has 1 N–H and O–H groups in total. The van der Waals surface area contributed by atoms with E-state index >= 15 is 0 Å². The first kappa shape index (κ1) is 20.7. The molecule has 0 aromatic heterocycles. The highest BCUT2D eigenvalue weighted by Crippen LogP contribution is 2.44. The van der Waals surface area contributed by atoms with Crippen molar-refractivity contribution in [3.05, 3.63) is 70.0 Å². The molecule has 3 atom stereocenters. The minimum absolute atomic E-state index is 0.0745. The van der Waals surface area contributed by atoms with E-state index in [2.05, 4.69) is 5.32 Å². The molecule has 0 unspecified atom stereocenters. The number of amides is 1. The normalized spacial score (nSPS) is 24.8. The molecule has 0 radical (unpaired) electrons. The van der Waals surface area contributed by atoms with Gasteiger partial charge < -0.3 is 10.1 Å². The van der Waals surface area contributed by atoms with E-state index in [1.807, 2.05) is 6.92 Å². The molecule has 1 aliphatic heterocycles. The van der Waals surface area contributed by atoms with Gasteiger partial charge in [-0.15, -0.1) is 0 Å². The largest absolute Gasteiger partial charge is 0.365 e. The highest BCUT2D eigenvalue weighted by atomic mass is 35.5. The lowest BCUT2D eigenvalue weighted by Crippen LogP contribution is -2.50. The first-order valence-corrected chi connectivity index (χ1v) is 9.45. The predicted molar refractivity (Wildman–Crippen MR) is 100 cm³/mol. The lowest BCUT2D eigenvalue weighted by molar-refractivity contribution is -0.128. The van der Waals surface area contributed by atoms with Crippen molar-refractivity contribution in [3.8, 4) is 0 Å². The van der Waals surface area contributed by atoms with E-state index in [9.17, 15) is 18.0 Å². The van der Waals surface area contributed by atoms with E-state index in [-0.39, 0.29) is 17.9 Å². The van der Waals surface area contributed by atoms with Crippen LogP contribution in [0.15, 0.2) is 36.4 Å². The van der Waals surface area contributed by atoms with Crippen LogP contribution in [-0.4, -0.2) is 11.4 Å². The van der Waals surface area contributed by atoms with Crippen LogP contribution in [0.5, 0.6) is 0 Å². The van der Waals surface area contributed by atoms with E-state index in [0.29, 0.717) is 23.9 Å². The van der Waals surface area contributed by atoms with Crippen molar-refractivity contribution in [2.24, 2.45) is 0 Å². The Morgan fingerprint density at radius 2 is 1.71 bits per heavy atom. The summed E-state index contributed by atoms with van der Waals surface area (Å²) in [5.41, 5.74) is 0.0149. The van der Waals surface area contributed by atoms with Crippen LogP contribution in [0, 0.1) is 17.5 Å². The molecule has 28 heavy (non-hydrogen) atoms. The summed E-state index contributed by atoms with van der Waals surface area (Å²) in [6.45, 7) is 3.58. The number of nitrogens with one attached hydrogen (secondary N) is 1. The Morgan fingerprint density at radius 1 is 1.11 bits per heavy atom. The zero-order valence-electron chi connectivity index (χ0n) is 15.6. The van der Waals surface area contributed by atoms with Gasteiger partial charge in [-0.05, 0) is 30.7 Å². The Labute approximate surface area is 166 Å². The van der Waals surface area contributed by atoms with Crippen LogP contribution in [0.3, 0.4) is 0 Å². The van der Waals surface area contributed by atoms with Gasteiger partial charge in [0.1, 0.15) is 5.82 Å². The molecule has 1 aliphatic rings. The summed E-state index contributed by atoms with van der Waals surface area (Å²) in [7, 11) is 0. The molecular weight excluding hydrogens is 391 g/mol. The summed E-state index contributed by atoms with van der Waals surface area (Å²) < 4.78 is 47.6. The smallest absolute Gasteiger partial charge is 0.220 e. The fraction of sp³-hybridized carbons (Fsp3) is 0.381. The number of rotatable bonds is 4. The molecule has 1 saturated heterocycles. The molecule has 0 aliphatic carbocycles. The molecule has 2 aromatic rings. The Hall–Kier alpha value is -2.05. The minimum atomic E-state index is -1.26. The molecule has 3 rings (SSSR count). The molecule has 1 fully saturated rings. The molecule has 150 valence electrons. The van der Waals surface area contributed by atoms with Crippen LogP contribution in [0.25, 0.3) is 0 Å². The van der Waals surface area contributed by atoms with Gasteiger partial charge in [-0.2, -0.15) is 0 Å². The van der Waals surface area contributed by atoms with Crippen molar-refractivity contribution in [1.29, 1.82) is 0 Å². The van der Waals surface area contributed by atoms with Crippen molar-refractivity contribution in [2.75, 3.05) is 0 Å². The van der Waals surface area contributed by atoms with Gasteiger partial charge in [0.15, 0.2) is 11.6 Å². The monoisotopic (exact) mass is 411 g/mol. The lowest BCUT2D eigenvalue weighted by Gasteiger charge is -2.43. The standard InChI is InChI=1S/C21H21ClF3NO2/c1-3-20(27)26-21(2)10-18(12-4-6-13(22)7-5-12)28-19(11-21)14-8-16(24)17(25)9-15(14)23/h4-9,18-19H,3,10-11H2,1-2H3,(H,26,27)/t18-,19+,21-/m0/s1. The van der Waals surface area contributed by atoms with Gasteiger partial charge in [0.05, 0.1) is 12.2 Å². The minimum Gasteiger partial charge on any atom is -0.365 e. The Bertz CT molecular complexity index is 875. The van der Waals surface area contributed by atoms with Crippen molar-refractivity contribution in [2.45, 2.75) is 50.9 Å². The fourth-order valence-corrected chi connectivity index (χ4v) is 3.69. The molecule has 2 aromatic carbocycles. The maximum absolute atomic E-state index is 14.4. The number of hydrogen-bond donors (Lipinski definition) is 1. The summed E-state index contributed by atoms with van der Waals surface area (Å²) in [6, 6.07) is 8.34. The van der Waals surface area contributed by atoms with Gasteiger partial charge in [0.2, 0.25) is 5.91 Å². The van der Waals surface area contributed by atoms with Gasteiger partial charge in [-0.3, -0.25) is 4.79 Å². The van der Waals surface area contributed by atoms with E-state index < -0.39 is 35.2 Å². The quantitative estimate of drug-likeness (QED) is 0.661. The SMILES string of the molecule is CCC(=O)N[C@@]1(C)C[C@@H](c2ccc(Cl)cc2)O[C@@H](c2cc(F)c(F)cc2F)C1. The number of ether oxygens (including phenoxy) is 1. The lowest BCUT2D eigenvalue weighted by atomic mass is 9.81. The molecule has 0 spiro atoms. The summed E-state index contributed by atoms with van der Waals surface area (Å²) in [5.74, 6) is -3.44. The molecule has 1 amide bonds. The summed E-state index contributed by atoms with van der Waals surface area (Å²) in [6.07, 6.45) is -0.364. The number of halogens is 4. The number of hydrogen-bond acceptors (Lipinski definition) is 2. The average Bonchev–Trinajstić information content (AvgIpc) is 2.64.